The minimum atomic E-state index is -0.0469. The summed E-state index contributed by atoms with van der Waals surface area (Å²) in [4.78, 5) is 14.0. The van der Waals surface area contributed by atoms with Gasteiger partial charge in [0.25, 0.3) is 5.91 Å². The van der Waals surface area contributed by atoms with E-state index in [1.165, 1.54) is 0 Å². The first-order valence-corrected chi connectivity index (χ1v) is 6.19. The van der Waals surface area contributed by atoms with Crippen LogP contribution in [0.15, 0.2) is 15.2 Å². The van der Waals surface area contributed by atoms with Crippen LogP contribution in [-0.4, -0.2) is 41.6 Å². The summed E-state index contributed by atoms with van der Waals surface area (Å²) in [5, 5.41) is 6.99. The molecule has 1 N–H and O–H groups in total. The number of rotatable bonds is 1. The summed E-state index contributed by atoms with van der Waals surface area (Å²) in [6.07, 6.45) is 1.08. The third-order valence-electron chi connectivity index (χ3n) is 3.40. The van der Waals surface area contributed by atoms with Crippen LogP contribution in [0.4, 0.5) is 0 Å². The predicted molar refractivity (Wildman–Crippen MR) is 60.0 cm³/mol. The van der Waals surface area contributed by atoms with Crippen molar-refractivity contribution in [3.63, 3.8) is 0 Å². The summed E-state index contributed by atoms with van der Waals surface area (Å²) >= 11 is 3.18. The lowest BCUT2D eigenvalue weighted by atomic mass is 10.1. The summed E-state index contributed by atoms with van der Waals surface area (Å²) in [6, 6.07) is 1.95. The number of aromatic nitrogens is 1. The van der Waals surface area contributed by atoms with Gasteiger partial charge < -0.3 is 14.7 Å². The van der Waals surface area contributed by atoms with E-state index in [1.54, 1.807) is 6.07 Å². The maximum Gasteiger partial charge on any atom is 0.292 e. The van der Waals surface area contributed by atoms with Crippen molar-refractivity contribution >= 4 is 21.8 Å². The van der Waals surface area contributed by atoms with Gasteiger partial charge in [0.05, 0.1) is 0 Å². The maximum absolute atomic E-state index is 12.1. The lowest BCUT2D eigenvalue weighted by Gasteiger charge is -2.21. The maximum atomic E-state index is 12.1. The fraction of sp³-hybridized carbons (Fsp3) is 0.600. The van der Waals surface area contributed by atoms with Crippen LogP contribution in [0.2, 0.25) is 0 Å². The summed E-state index contributed by atoms with van der Waals surface area (Å²) in [7, 11) is 0. The Morgan fingerprint density at radius 1 is 1.62 bits per heavy atom. The van der Waals surface area contributed by atoms with E-state index in [1.807, 2.05) is 4.90 Å². The largest absolute Gasteiger partial charge is 0.350 e. The van der Waals surface area contributed by atoms with Crippen molar-refractivity contribution in [1.29, 1.82) is 0 Å². The fourth-order valence-corrected chi connectivity index (χ4v) is 2.88. The summed E-state index contributed by atoms with van der Waals surface area (Å²) in [5.74, 6) is 0.879. The highest BCUT2D eigenvalue weighted by atomic mass is 79.9. The molecule has 0 radical (unpaired) electrons. The number of carbonyl (C=O) groups excluding carboxylic acids is 1. The molecule has 2 unspecified atom stereocenters. The van der Waals surface area contributed by atoms with E-state index in [4.69, 9.17) is 4.52 Å². The van der Waals surface area contributed by atoms with E-state index in [0.717, 1.165) is 26.1 Å². The molecule has 0 aliphatic carbocycles. The number of hydrogen-bond acceptors (Lipinski definition) is 4. The number of carbonyl (C=O) groups is 1. The van der Waals surface area contributed by atoms with Gasteiger partial charge in [-0.3, -0.25) is 4.79 Å². The standard InChI is InChI=1S/C10H12BrN3O2/c11-9-3-8(16-13-9)10(15)14-2-1-6-4-12-5-7(6)14/h3,6-7,12H,1-2,4-5H2. The van der Waals surface area contributed by atoms with Crippen LogP contribution < -0.4 is 5.32 Å². The van der Waals surface area contributed by atoms with E-state index >= 15 is 0 Å². The Kier molecular flexibility index (Phi) is 2.48. The molecule has 86 valence electrons. The molecule has 3 heterocycles. The van der Waals surface area contributed by atoms with Gasteiger partial charge in [0.15, 0.2) is 0 Å². The normalized spacial score (nSPS) is 28.4. The van der Waals surface area contributed by atoms with E-state index in [2.05, 4.69) is 26.4 Å². The Labute approximate surface area is 101 Å². The van der Waals surface area contributed by atoms with Crippen molar-refractivity contribution in [1.82, 2.24) is 15.4 Å². The topological polar surface area (TPSA) is 58.4 Å². The molecule has 2 aliphatic rings. The SMILES string of the molecule is O=C(c1cc(Br)no1)N1CCC2CNCC21. The van der Waals surface area contributed by atoms with Gasteiger partial charge >= 0.3 is 0 Å². The molecule has 1 aromatic rings. The van der Waals surface area contributed by atoms with Gasteiger partial charge in [-0.1, -0.05) is 5.16 Å². The Bertz CT molecular complexity index is 420. The van der Waals surface area contributed by atoms with Crippen LogP contribution in [0.1, 0.15) is 17.0 Å². The Morgan fingerprint density at radius 2 is 2.50 bits per heavy atom. The molecule has 2 atom stereocenters. The van der Waals surface area contributed by atoms with Gasteiger partial charge in [0.2, 0.25) is 5.76 Å². The molecule has 0 aromatic carbocycles. The number of nitrogens with zero attached hydrogens (tertiary/aromatic N) is 2. The summed E-state index contributed by atoms with van der Waals surface area (Å²) in [5.41, 5.74) is 0. The van der Waals surface area contributed by atoms with Crippen molar-refractivity contribution in [2.45, 2.75) is 12.5 Å². The average Bonchev–Trinajstić information content (AvgIpc) is 2.90. The molecule has 1 amide bonds. The van der Waals surface area contributed by atoms with Crippen LogP contribution >= 0.6 is 15.9 Å². The molecule has 0 spiro atoms. The minimum absolute atomic E-state index is 0.0469. The monoisotopic (exact) mass is 285 g/mol. The van der Waals surface area contributed by atoms with Gasteiger partial charge in [-0.25, -0.2) is 0 Å². The predicted octanol–water partition coefficient (Wildman–Crippen LogP) is 0.871. The molecule has 2 saturated heterocycles. The third kappa shape index (κ3) is 1.56. The van der Waals surface area contributed by atoms with Crippen molar-refractivity contribution < 1.29 is 9.32 Å². The smallest absolute Gasteiger partial charge is 0.292 e. The van der Waals surface area contributed by atoms with Gasteiger partial charge in [-0.15, -0.1) is 0 Å². The van der Waals surface area contributed by atoms with Gasteiger partial charge in [-0.05, 0) is 28.3 Å². The van der Waals surface area contributed by atoms with Gasteiger partial charge in [0.1, 0.15) is 4.60 Å². The number of hydrogen-bond donors (Lipinski definition) is 1. The second kappa shape index (κ2) is 3.85. The Balaban J connectivity index is 1.80. The first kappa shape index (κ1) is 10.3. The summed E-state index contributed by atoms with van der Waals surface area (Å²) in [6.45, 7) is 2.74. The molecule has 2 fully saturated rings. The molecule has 16 heavy (non-hydrogen) atoms. The van der Waals surface area contributed by atoms with Crippen molar-refractivity contribution in [3.05, 3.63) is 16.4 Å². The molecule has 0 saturated carbocycles. The molecule has 1 aromatic heterocycles. The van der Waals surface area contributed by atoms with Crippen LogP contribution in [0.5, 0.6) is 0 Å². The van der Waals surface area contributed by atoms with E-state index in [9.17, 15) is 4.79 Å². The molecule has 3 rings (SSSR count). The van der Waals surface area contributed by atoms with E-state index in [-0.39, 0.29) is 5.91 Å². The minimum Gasteiger partial charge on any atom is -0.350 e. The first-order chi connectivity index (χ1) is 7.75. The number of nitrogens with one attached hydrogen (secondary N) is 1. The zero-order valence-corrected chi connectivity index (χ0v) is 10.2. The number of amides is 1. The van der Waals surface area contributed by atoms with Crippen LogP contribution in [0.25, 0.3) is 0 Å². The Hall–Kier alpha value is -0.880. The van der Waals surface area contributed by atoms with Crippen LogP contribution in [0, 0.1) is 5.92 Å². The number of fused-ring (bicyclic) bond motifs is 1. The van der Waals surface area contributed by atoms with Crippen LogP contribution in [0.3, 0.4) is 0 Å². The highest BCUT2D eigenvalue weighted by molar-refractivity contribution is 9.10. The molecule has 5 nitrogen and oxygen atoms in total. The Morgan fingerprint density at radius 3 is 3.25 bits per heavy atom. The second-order valence-corrected chi connectivity index (χ2v) is 5.10. The zero-order valence-electron chi connectivity index (χ0n) is 8.65. The second-order valence-electron chi connectivity index (χ2n) is 4.29. The quantitative estimate of drug-likeness (QED) is 0.832. The number of halogens is 1. The van der Waals surface area contributed by atoms with Gasteiger partial charge in [-0.2, -0.15) is 0 Å². The lowest BCUT2D eigenvalue weighted by Crippen LogP contribution is -2.38. The first-order valence-electron chi connectivity index (χ1n) is 5.39. The van der Waals surface area contributed by atoms with E-state index in [0.29, 0.717) is 22.3 Å². The average molecular weight is 286 g/mol. The van der Waals surface area contributed by atoms with E-state index < -0.39 is 0 Å². The van der Waals surface area contributed by atoms with Crippen LogP contribution in [-0.2, 0) is 0 Å². The highest BCUT2D eigenvalue weighted by Gasteiger charge is 2.40. The zero-order chi connectivity index (χ0) is 11.1. The van der Waals surface area contributed by atoms with Crippen molar-refractivity contribution in [2.75, 3.05) is 19.6 Å². The molecule has 0 bridgehead atoms. The molecule has 6 heteroatoms. The lowest BCUT2D eigenvalue weighted by molar-refractivity contribution is 0.0694. The molecular weight excluding hydrogens is 274 g/mol. The van der Waals surface area contributed by atoms with Gasteiger partial charge in [0, 0.05) is 31.7 Å². The number of likely N-dealkylation sites (tertiary alicyclic amines) is 1. The van der Waals surface area contributed by atoms with Crippen molar-refractivity contribution in [3.8, 4) is 0 Å². The summed E-state index contributed by atoms with van der Waals surface area (Å²) < 4.78 is 5.54. The highest BCUT2D eigenvalue weighted by Crippen LogP contribution is 2.28. The fourth-order valence-electron chi connectivity index (χ4n) is 2.60. The molecule has 2 aliphatic heterocycles. The molecular formula is C10H12BrN3O2. The van der Waals surface area contributed by atoms with Crippen molar-refractivity contribution in [2.24, 2.45) is 5.92 Å². The third-order valence-corrected chi connectivity index (χ3v) is 3.77.